The summed E-state index contributed by atoms with van der Waals surface area (Å²) >= 11 is 0. The number of hydrogen-bond acceptors (Lipinski definition) is 8. The lowest BCUT2D eigenvalue weighted by atomic mass is 10.1. The molecule has 0 rings (SSSR count). The lowest BCUT2D eigenvalue weighted by molar-refractivity contribution is -0.142. The van der Waals surface area contributed by atoms with Gasteiger partial charge in [-0.05, 0) is 39.2 Å². The number of nitrogens with two attached hydrogens (primary N) is 3. The average Bonchev–Trinajstić information content (AvgIpc) is 2.67. The molecule has 0 saturated heterocycles. The minimum absolute atomic E-state index is 0.135. The van der Waals surface area contributed by atoms with Crippen LogP contribution in [0.5, 0.6) is 0 Å². The van der Waals surface area contributed by atoms with Crippen LogP contribution >= 0.6 is 0 Å². The molecule has 0 aliphatic rings. The Morgan fingerprint density at radius 1 is 0.867 bits per heavy atom. The Morgan fingerprint density at radius 3 is 1.87 bits per heavy atom. The Balaban J connectivity index is 5.23. The van der Waals surface area contributed by atoms with Gasteiger partial charge in [0.05, 0.1) is 12.6 Å². The normalized spacial score (nSPS) is 14.7. The van der Waals surface area contributed by atoms with Gasteiger partial charge in [0, 0.05) is 6.42 Å². The van der Waals surface area contributed by atoms with Gasteiger partial charge in [0.2, 0.25) is 23.6 Å². The van der Waals surface area contributed by atoms with Crippen molar-refractivity contribution in [1.82, 2.24) is 16.0 Å². The molecule has 0 heterocycles. The summed E-state index contributed by atoms with van der Waals surface area (Å²) < 4.78 is 0. The first-order valence-electron chi connectivity index (χ1n) is 9.52. The standard InChI is InChI=1S/C17H32N6O7/c1-9(19)14(26)23-12(8-24)16(28)21-10(4-2-3-7-18)15(27)22-11(17(29)30)5-6-13(20)25/h9-12,24H,2-8,18-19H2,1H3,(H2,20,25)(H,21,28)(H,22,27)(H,23,26)(H,29,30). The maximum atomic E-state index is 12.6. The second-order valence-corrected chi connectivity index (χ2v) is 6.78. The summed E-state index contributed by atoms with van der Waals surface area (Å²) in [4.78, 5) is 58.9. The quantitative estimate of drug-likeness (QED) is 0.118. The topological polar surface area (TPSA) is 240 Å². The van der Waals surface area contributed by atoms with Gasteiger partial charge in [-0.25, -0.2) is 4.79 Å². The Kier molecular flexibility index (Phi) is 12.9. The van der Waals surface area contributed by atoms with E-state index in [0.29, 0.717) is 19.4 Å². The zero-order valence-corrected chi connectivity index (χ0v) is 16.9. The van der Waals surface area contributed by atoms with Gasteiger partial charge in [-0.1, -0.05) is 0 Å². The number of unbranched alkanes of at least 4 members (excludes halogenated alkanes) is 1. The lowest BCUT2D eigenvalue weighted by Crippen LogP contribution is -2.57. The van der Waals surface area contributed by atoms with E-state index in [1.54, 1.807) is 0 Å². The fourth-order valence-electron chi connectivity index (χ4n) is 2.35. The van der Waals surface area contributed by atoms with E-state index in [0.717, 1.165) is 0 Å². The number of hydrogen-bond donors (Lipinski definition) is 8. The third kappa shape index (κ3) is 10.7. The molecule has 30 heavy (non-hydrogen) atoms. The molecule has 4 atom stereocenters. The highest BCUT2D eigenvalue weighted by Crippen LogP contribution is 2.05. The van der Waals surface area contributed by atoms with Crippen molar-refractivity contribution in [3.8, 4) is 0 Å². The van der Waals surface area contributed by atoms with Crippen molar-refractivity contribution in [2.24, 2.45) is 17.2 Å². The molecule has 0 aliphatic heterocycles. The Morgan fingerprint density at radius 2 is 1.40 bits per heavy atom. The van der Waals surface area contributed by atoms with Crippen molar-refractivity contribution in [3.05, 3.63) is 0 Å². The van der Waals surface area contributed by atoms with Crippen LogP contribution in [0.4, 0.5) is 0 Å². The zero-order valence-electron chi connectivity index (χ0n) is 16.9. The maximum Gasteiger partial charge on any atom is 0.326 e. The number of carbonyl (C=O) groups excluding carboxylic acids is 4. The first kappa shape index (κ1) is 27.2. The number of nitrogens with one attached hydrogen (secondary N) is 3. The van der Waals surface area contributed by atoms with Crippen molar-refractivity contribution >= 4 is 29.6 Å². The number of carboxylic acid groups (broad SMARTS) is 1. The second kappa shape index (κ2) is 14.3. The lowest BCUT2D eigenvalue weighted by Gasteiger charge is -2.24. The van der Waals surface area contributed by atoms with Crippen LogP contribution in [-0.2, 0) is 24.0 Å². The summed E-state index contributed by atoms with van der Waals surface area (Å²) in [5.74, 6) is -4.41. The molecule has 11 N–H and O–H groups in total. The molecular weight excluding hydrogens is 400 g/mol. The van der Waals surface area contributed by atoms with Crippen LogP contribution in [0.25, 0.3) is 0 Å². The van der Waals surface area contributed by atoms with E-state index in [1.807, 2.05) is 0 Å². The number of aliphatic hydroxyl groups excluding tert-OH is 1. The summed E-state index contributed by atoms with van der Waals surface area (Å²) in [7, 11) is 0. The molecule has 0 aromatic heterocycles. The molecule has 13 nitrogen and oxygen atoms in total. The van der Waals surface area contributed by atoms with Gasteiger partial charge in [0.15, 0.2) is 0 Å². The van der Waals surface area contributed by atoms with Gasteiger partial charge in [-0.2, -0.15) is 0 Å². The Bertz CT molecular complexity index is 613. The Hall–Kier alpha value is -2.77. The fraction of sp³-hybridized carbons (Fsp3) is 0.706. The van der Waals surface area contributed by atoms with Crippen LogP contribution in [0.3, 0.4) is 0 Å². The number of amides is 4. The van der Waals surface area contributed by atoms with Gasteiger partial charge >= 0.3 is 5.97 Å². The highest BCUT2D eigenvalue weighted by molar-refractivity contribution is 5.94. The van der Waals surface area contributed by atoms with Gasteiger partial charge in [0.1, 0.15) is 18.1 Å². The van der Waals surface area contributed by atoms with Crippen LogP contribution in [0.2, 0.25) is 0 Å². The third-order valence-corrected chi connectivity index (χ3v) is 4.10. The monoisotopic (exact) mass is 432 g/mol. The molecule has 0 aromatic carbocycles. The van der Waals surface area contributed by atoms with Crippen molar-refractivity contribution < 1.29 is 34.2 Å². The van der Waals surface area contributed by atoms with Crippen molar-refractivity contribution in [3.63, 3.8) is 0 Å². The molecule has 0 aromatic rings. The molecular formula is C17H32N6O7. The summed E-state index contributed by atoms with van der Waals surface area (Å²) in [5.41, 5.74) is 15.9. The van der Waals surface area contributed by atoms with Crippen LogP contribution in [-0.4, -0.2) is 77.1 Å². The number of carbonyl (C=O) groups is 5. The third-order valence-electron chi connectivity index (χ3n) is 4.10. The van der Waals surface area contributed by atoms with Crippen LogP contribution in [0.15, 0.2) is 0 Å². The summed E-state index contributed by atoms with van der Waals surface area (Å²) in [6.45, 7) is 1.00. The minimum Gasteiger partial charge on any atom is -0.480 e. The van der Waals surface area contributed by atoms with Crippen LogP contribution < -0.4 is 33.2 Å². The van der Waals surface area contributed by atoms with Crippen LogP contribution in [0, 0.1) is 0 Å². The van der Waals surface area contributed by atoms with E-state index in [4.69, 9.17) is 17.2 Å². The molecule has 0 fully saturated rings. The van der Waals surface area contributed by atoms with E-state index < -0.39 is 60.4 Å². The Labute approximate surface area is 174 Å². The number of carboxylic acids is 1. The number of primary amides is 1. The van der Waals surface area contributed by atoms with E-state index in [1.165, 1.54) is 6.92 Å². The molecule has 0 radical (unpaired) electrons. The molecule has 172 valence electrons. The molecule has 0 saturated carbocycles. The van der Waals surface area contributed by atoms with Crippen LogP contribution in [0.1, 0.15) is 39.0 Å². The SMILES string of the molecule is CC(N)C(=O)NC(CO)C(=O)NC(CCCCN)C(=O)NC(CCC(N)=O)C(=O)O. The fourth-order valence-corrected chi connectivity index (χ4v) is 2.35. The summed E-state index contributed by atoms with van der Waals surface area (Å²) in [6.07, 6.45) is 0.662. The van der Waals surface area contributed by atoms with Crippen molar-refractivity contribution in [2.45, 2.75) is 63.2 Å². The zero-order chi connectivity index (χ0) is 23.3. The smallest absolute Gasteiger partial charge is 0.326 e. The van der Waals surface area contributed by atoms with E-state index in [2.05, 4.69) is 16.0 Å². The molecule has 4 amide bonds. The van der Waals surface area contributed by atoms with Gasteiger partial charge in [-0.15, -0.1) is 0 Å². The first-order chi connectivity index (χ1) is 14.0. The van der Waals surface area contributed by atoms with Gasteiger partial charge < -0.3 is 43.4 Å². The number of rotatable bonds is 15. The molecule has 0 bridgehead atoms. The number of aliphatic carboxylic acids is 1. The average molecular weight is 432 g/mol. The highest BCUT2D eigenvalue weighted by Gasteiger charge is 2.29. The minimum atomic E-state index is -1.38. The maximum absolute atomic E-state index is 12.6. The van der Waals surface area contributed by atoms with Crippen molar-refractivity contribution in [1.29, 1.82) is 0 Å². The summed E-state index contributed by atoms with van der Waals surface area (Å²) in [5, 5.41) is 25.5. The van der Waals surface area contributed by atoms with Crippen molar-refractivity contribution in [2.75, 3.05) is 13.2 Å². The number of aliphatic hydroxyl groups is 1. The van der Waals surface area contributed by atoms with Gasteiger partial charge in [0.25, 0.3) is 0 Å². The molecule has 0 spiro atoms. The van der Waals surface area contributed by atoms with E-state index in [-0.39, 0.29) is 19.3 Å². The first-order valence-corrected chi connectivity index (χ1v) is 9.52. The predicted octanol–water partition coefficient (Wildman–Crippen LogP) is -3.74. The molecule has 13 heteroatoms. The molecule has 4 unspecified atom stereocenters. The second-order valence-electron chi connectivity index (χ2n) is 6.78. The molecule has 0 aliphatic carbocycles. The predicted molar refractivity (Wildman–Crippen MR) is 105 cm³/mol. The largest absolute Gasteiger partial charge is 0.480 e. The summed E-state index contributed by atoms with van der Waals surface area (Å²) in [6, 6.07) is -4.80. The highest BCUT2D eigenvalue weighted by atomic mass is 16.4. The van der Waals surface area contributed by atoms with Gasteiger partial charge in [-0.3, -0.25) is 19.2 Å². The van der Waals surface area contributed by atoms with E-state index >= 15 is 0 Å². The van der Waals surface area contributed by atoms with E-state index in [9.17, 15) is 34.2 Å².